The van der Waals surface area contributed by atoms with E-state index in [9.17, 15) is 0 Å². The molecule has 0 aliphatic carbocycles. The highest BCUT2D eigenvalue weighted by atomic mass is 28.5. The van der Waals surface area contributed by atoms with E-state index in [0.29, 0.717) is 10.5 Å². The number of allylic oxidation sites excluding steroid dienone is 2. The van der Waals surface area contributed by atoms with Gasteiger partial charge in [0.15, 0.2) is 0 Å². The predicted octanol–water partition coefficient (Wildman–Crippen LogP) is 10.00. The Bertz CT molecular complexity index is 1860. The molecule has 0 fully saturated rings. The highest BCUT2D eigenvalue weighted by molar-refractivity contribution is 6.94. The molecule has 0 bridgehead atoms. The average molecular weight is 1210 g/mol. The van der Waals surface area contributed by atoms with E-state index in [1.165, 1.54) is 44.2 Å². The van der Waals surface area contributed by atoms with Crippen LogP contribution in [0.2, 0.25) is 157 Å². The smallest absolute Gasteiger partial charge is 0.314 e. The fraction of sp³-hybridized carbons (Fsp3) is 0.795. The van der Waals surface area contributed by atoms with E-state index in [-0.39, 0.29) is 0 Å². The lowest BCUT2D eigenvalue weighted by Gasteiger charge is -2.45. The number of hydrogen-bond acceptors (Lipinski definition) is 14. The average Bonchev–Trinajstić information content (AvgIpc) is 3.01. The highest BCUT2D eigenvalue weighted by Gasteiger charge is 2.52. The van der Waals surface area contributed by atoms with Crippen LogP contribution in [-0.4, -0.2) is 133 Å². The topological polar surface area (TPSA) is 129 Å². The Morgan fingerprint density at radius 2 is 0.544 bits per heavy atom. The Balaban J connectivity index is 3.05. The van der Waals surface area contributed by atoms with Crippen molar-refractivity contribution in [3.8, 4) is 0 Å². The van der Waals surface area contributed by atoms with Crippen LogP contribution < -0.4 is 0 Å². The summed E-state index contributed by atoms with van der Waals surface area (Å²) in [7, 11) is -33.6. The Kier molecular flexibility index (Phi) is 24.2. The zero-order valence-corrected chi connectivity index (χ0v) is 66.0. The maximum Gasteiger partial charge on any atom is 0.314 e. The molecule has 0 spiro atoms. The van der Waals surface area contributed by atoms with Crippen molar-refractivity contribution in [1.29, 1.82) is 0 Å². The number of rotatable bonds is 29. The van der Waals surface area contributed by atoms with Gasteiger partial charge in [0.05, 0.1) is 0 Å². The van der Waals surface area contributed by atoms with Crippen molar-refractivity contribution in [1.82, 2.24) is 0 Å². The molecule has 1 aromatic rings. The predicted molar refractivity (Wildman–Crippen MR) is 320 cm³/mol. The molecule has 14 nitrogen and oxygen atoms in total. The largest absolute Gasteiger partial charge is 0.449 e. The molecule has 1 rings (SSSR count). The first-order chi connectivity index (χ1) is 29.8. The van der Waals surface area contributed by atoms with Crippen LogP contribution in [-0.2, 0) is 57.6 Å². The van der Waals surface area contributed by atoms with Gasteiger partial charge in [0, 0.05) is 0 Å². The SMILES string of the molecule is CC(=C(C)[Si](C)(C)O[Si](C)(C)O[Si](C)(C)O[Si](C)(C)O[Si](C)(C)O[Si](C)(C)O[Si](C)(C)O[Si](C)(C)O[Si](C)(C)O[Si](C)(C)O[Si](C)(C)O[Si](C)(C)O[SiH2]O[SiH2]O[SiH3])c1c(C)c(C)c(C)c(C)c1C. The maximum absolute atomic E-state index is 7.15. The second-order valence-corrected chi connectivity index (χ2v) is 72.8. The van der Waals surface area contributed by atoms with Crippen LogP contribution >= 0.6 is 0 Å². The molecule has 0 N–H and O–H groups in total. The molecular formula is C39H100O14Si15. The summed E-state index contributed by atoms with van der Waals surface area (Å²) in [5.74, 6) is 0. The van der Waals surface area contributed by atoms with Gasteiger partial charge in [0.25, 0.3) is 20.0 Å². The van der Waals surface area contributed by atoms with Crippen molar-refractivity contribution in [3.63, 3.8) is 0 Å². The molecule has 0 saturated heterocycles. The van der Waals surface area contributed by atoms with Gasteiger partial charge in [-0.1, -0.05) is 5.20 Å². The molecule has 0 radical (unpaired) electrons. The van der Waals surface area contributed by atoms with E-state index in [0.717, 1.165) is 0 Å². The second-order valence-electron chi connectivity index (χ2n) is 23.7. The summed E-state index contributed by atoms with van der Waals surface area (Å²) >= 11 is 0. The van der Waals surface area contributed by atoms with Crippen LogP contribution in [0.5, 0.6) is 0 Å². The molecule has 400 valence electrons. The Morgan fingerprint density at radius 3 is 0.794 bits per heavy atom. The molecule has 0 aromatic heterocycles. The Hall–Kier alpha value is 1.65. The van der Waals surface area contributed by atoms with Crippen LogP contribution in [0, 0.1) is 34.6 Å². The molecule has 0 aliphatic rings. The van der Waals surface area contributed by atoms with E-state index in [1.54, 1.807) is 0 Å². The standard InChI is InChI=1S/C39H100O14Si15/c1-32-33(2)35(4)39(36(5)34(32)3)37(6)38(7)57(8,9)43-59(12,13)45-61(16,17)47-63(20,21)49-65(24,25)51-67(28,29)53-68(30,31)52-66(26,27)50-64(22,23)48-62(18,19)46-60(14,15)44-58(10,11)42-56-41-55-40-54/h55-56H2,1-31,54H3. The van der Waals surface area contributed by atoms with Gasteiger partial charge < -0.3 is 57.6 Å². The van der Waals surface area contributed by atoms with Gasteiger partial charge in [0.1, 0.15) is 10.5 Å². The zero-order chi connectivity index (χ0) is 53.9. The number of hydrogen-bond donors (Lipinski definition) is 0. The summed E-state index contributed by atoms with van der Waals surface area (Å²) in [6.45, 7) is 66.0. The summed E-state index contributed by atoms with van der Waals surface area (Å²) < 4.78 is 92.8. The minimum Gasteiger partial charge on any atom is -0.449 e. The Labute approximate surface area is 437 Å². The summed E-state index contributed by atoms with van der Waals surface area (Å²) in [4.78, 5) is 0. The normalized spacial score (nSPS) is 15.8. The molecule has 0 saturated carbocycles. The van der Waals surface area contributed by atoms with Crippen LogP contribution in [0.15, 0.2) is 5.20 Å². The van der Waals surface area contributed by atoms with Gasteiger partial charge in [-0.05, 0) is 245 Å². The number of benzene rings is 1. The van der Waals surface area contributed by atoms with Gasteiger partial charge in [0.2, 0.25) is 8.32 Å². The zero-order valence-electron chi connectivity index (χ0n) is 49.1. The summed E-state index contributed by atoms with van der Waals surface area (Å²) in [5, 5.41) is 1.34. The first-order valence-corrected chi connectivity index (χ1v) is 61.0. The maximum atomic E-state index is 7.15. The monoisotopic (exact) mass is 1210 g/mol. The lowest BCUT2D eigenvalue weighted by Crippen LogP contribution is -2.62. The third kappa shape index (κ3) is 23.7. The van der Waals surface area contributed by atoms with Crippen LogP contribution in [0.1, 0.15) is 47.2 Å². The van der Waals surface area contributed by atoms with Gasteiger partial charge in [-0.3, -0.25) is 0 Å². The van der Waals surface area contributed by atoms with Crippen molar-refractivity contribution in [2.24, 2.45) is 0 Å². The van der Waals surface area contributed by atoms with E-state index >= 15 is 0 Å². The van der Waals surface area contributed by atoms with E-state index in [2.05, 4.69) is 193 Å². The van der Waals surface area contributed by atoms with Crippen molar-refractivity contribution in [2.75, 3.05) is 0 Å². The van der Waals surface area contributed by atoms with Gasteiger partial charge >= 0.3 is 94.2 Å². The molecule has 1 aromatic carbocycles. The molecular weight excluding hydrogens is 1110 g/mol. The third-order valence-electron chi connectivity index (χ3n) is 10.9. The lowest BCUT2D eigenvalue weighted by atomic mass is 9.86. The third-order valence-corrected chi connectivity index (χ3v) is 62.0. The fourth-order valence-corrected chi connectivity index (χ4v) is 74.6. The van der Waals surface area contributed by atoms with Crippen molar-refractivity contribution in [2.45, 2.75) is 206 Å². The van der Waals surface area contributed by atoms with Gasteiger partial charge in [-0.25, -0.2) is 0 Å². The van der Waals surface area contributed by atoms with Gasteiger partial charge in [-0.2, -0.15) is 0 Å². The first kappa shape index (κ1) is 67.7. The fourth-order valence-electron chi connectivity index (χ4n) is 9.85. The second kappa shape index (κ2) is 24.3. The van der Waals surface area contributed by atoms with Crippen LogP contribution in [0.4, 0.5) is 0 Å². The van der Waals surface area contributed by atoms with E-state index in [4.69, 9.17) is 57.6 Å². The van der Waals surface area contributed by atoms with E-state index < -0.39 is 123 Å². The molecule has 0 heterocycles. The molecule has 0 aliphatic heterocycles. The Morgan fingerprint density at radius 1 is 0.324 bits per heavy atom. The molecule has 0 atom stereocenters. The molecule has 0 amide bonds. The van der Waals surface area contributed by atoms with Crippen molar-refractivity contribution in [3.05, 3.63) is 38.6 Å². The first-order valence-electron chi connectivity index (χ1n) is 24.0. The van der Waals surface area contributed by atoms with E-state index in [1.807, 2.05) is 13.1 Å². The minimum absolute atomic E-state index is 0.694. The summed E-state index contributed by atoms with van der Waals surface area (Å²) in [6.07, 6.45) is 0. The quantitative estimate of drug-likeness (QED) is 0.0557. The minimum atomic E-state index is -2.80. The summed E-state index contributed by atoms with van der Waals surface area (Å²) in [5.41, 5.74) is 9.49. The highest BCUT2D eigenvalue weighted by Crippen LogP contribution is 2.37. The van der Waals surface area contributed by atoms with Crippen molar-refractivity contribution < 1.29 is 57.6 Å². The van der Waals surface area contributed by atoms with Crippen LogP contribution in [0.3, 0.4) is 0 Å². The molecule has 68 heavy (non-hydrogen) atoms. The summed E-state index contributed by atoms with van der Waals surface area (Å²) in [6, 6.07) is 0. The molecule has 0 unspecified atom stereocenters. The lowest BCUT2D eigenvalue weighted by molar-refractivity contribution is 0.252. The van der Waals surface area contributed by atoms with Crippen molar-refractivity contribution >= 4 is 139 Å². The van der Waals surface area contributed by atoms with Crippen LogP contribution in [0.25, 0.3) is 5.57 Å². The van der Waals surface area contributed by atoms with Gasteiger partial charge in [-0.15, -0.1) is 0 Å². The molecule has 29 heteroatoms.